The number of aryl methyl sites for hydroxylation is 1. The Morgan fingerprint density at radius 1 is 1.47 bits per heavy atom. The van der Waals surface area contributed by atoms with Crippen molar-refractivity contribution in [3.05, 3.63) is 39.8 Å². The van der Waals surface area contributed by atoms with Crippen molar-refractivity contribution in [2.24, 2.45) is 0 Å². The van der Waals surface area contributed by atoms with Crippen LogP contribution in [-0.2, 0) is 13.1 Å². The zero-order valence-corrected chi connectivity index (χ0v) is 11.4. The standard InChI is InChI=1S/C13H19N3S/c1-10(2)14-7-12-8-16(15-11(12)3)9-13-5-4-6-17-13/h4-6,8,10,14H,7,9H2,1-3H3. The van der Waals surface area contributed by atoms with Crippen LogP contribution in [0.1, 0.15) is 30.0 Å². The summed E-state index contributed by atoms with van der Waals surface area (Å²) in [6.45, 7) is 8.16. The monoisotopic (exact) mass is 249 g/mol. The third-order valence-electron chi connectivity index (χ3n) is 2.65. The molecule has 0 saturated carbocycles. The normalized spacial score (nSPS) is 11.3. The highest BCUT2D eigenvalue weighted by Gasteiger charge is 2.06. The number of nitrogens with one attached hydrogen (secondary N) is 1. The lowest BCUT2D eigenvalue weighted by atomic mass is 10.2. The molecular weight excluding hydrogens is 230 g/mol. The van der Waals surface area contributed by atoms with Gasteiger partial charge in [0.15, 0.2) is 0 Å². The minimum absolute atomic E-state index is 0.509. The van der Waals surface area contributed by atoms with Gasteiger partial charge in [-0.2, -0.15) is 5.10 Å². The van der Waals surface area contributed by atoms with E-state index in [1.165, 1.54) is 10.4 Å². The van der Waals surface area contributed by atoms with Crippen LogP contribution in [0, 0.1) is 6.92 Å². The second-order valence-corrected chi connectivity index (χ2v) is 5.58. The van der Waals surface area contributed by atoms with Crippen molar-refractivity contribution >= 4 is 11.3 Å². The van der Waals surface area contributed by atoms with Gasteiger partial charge in [0.1, 0.15) is 0 Å². The Balaban J connectivity index is 2.02. The van der Waals surface area contributed by atoms with Gasteiger partial charge in [-0.15, -0.1) is 11.3 Å². The van der Waals surface area contributed by atoms with E-state index in [9.17, 15) is 0 Å². The van der Waals surface area contributed by atoms with Crippen LogP contribution < -0.4 is 5.32 Å². The van der Waals surface area contributed by atoms with Crippen LogP contribution >= 0.6 is 11.3 Å². The molecule has 0 atom stereocenters. The molecule has 4 heteroatoms. The van der Waals surface area contributed by atoms with Crippen LogP contribution in [-0.4, -0.2) is 15.8 Å². The number of aromatic nitrogens is 2. The molecule has 0 aromatic carbocycles. The van der Waals surface area contributed by atoms with E-state index in [4.69, 9.17) is 0 Å². The van der Waals surface area contributed by atoms with Crippen molar-refractivity contribution in [2.75, 3.05) is 0 Å². The molecule has 0 amide bonds. The Morgan fingerprint density at radius 2 is 2.29 bits per heavy atom. The van der Waals surface area contributed by atoms with E-state index < -0.39 is 0 Å². The predicted octanol–water partition coefficient (Wildman–Crippen LogP) is 2.80. The lowest BCUT2D eigenvalue weighted by Gasteiger charge is -2.06. The molecular formula is C13H19N3S. The van der Waals surface area contributed by atoms with Gasteiger partial charge in [-0.05, 0) is 18.4 Å². The largest absolute Gasteiger partial charge is 0.310 e. The zero-order chi connectivity index (χ0) is 12.3. The van der Waals surface area contributed by atoms with Crippen LogP contribution in [0.4, 0.5) is 0 Å². The van der Waals surface area contributed by atoms with Crippen molar-refractivity contribution in [1.82, 2.24) is 15.1 Å². The molecule has 0 unspecified atom stereocenters. The predicted molar refractivity (Wildman–Crippen MR) is 72.4 cm³/mol. The van der Waals surface area contributed by atoms with E-state index in [-0.39, 0.29) is 0 Å². The van der Waals surface area contributed by atoms with E-state index in [0.717, 1.165) is 18.8 Å². The number of thiophene rings is 1. The molecule has 2 heterocycles. The van der Waals surface area contributed by atoms with Gasteiger partial charge in [0.05, 0.1) is 12.2 Å². The van der Waals surface area contributed by atoms with E-state index in [0.29, 0.717) is 6.04 Å². The number of hydrogen-bond donors (Lipinski definition) is 1. The fourth-order valence-electron chi connectivity index (χ4n) is 1.69. The summed E-state index contributed by atoms with van der Waals surface area (Å²) in [7, 11) is 0. The molecule has 2 aromatic heterocycles. The molecule has 0 bridgehead atoms. The van der Waals surface area contributed by atoms with E-state index in [2.05, 4.69) is 54.9 Å². The Hall–Kier alpha value is -1.13. The van der Waals surface area contributed by atoms with Gasteiger partial charge in [-0.25, -0.2) is 0 Å². The molecule has 1 N–H and O–H groups in total. The summed E-state index contributed by atoms with van der Waals surface area (Å²) in [5, 5.41) is 10.1. The van der Waals surface area contributed by atoms with Gasteiger partial charge >= 0.3 is 0 Å². The second kappa shape index (κ2) is 5.47. The number of nitrogens with zero attached hydrogens (tertiary/aromatic N) is 2. The van der Waals surface area contributed by atoms with Gasteiger partial charge in [0.2, 0.25) is 0 Å². The van der Waals surface area contributed by atoms with Crippen molar-refractivity contribution in [1.29, 1.82) is 0 Å². The second-order valence-electron chi connectivity index (χ2n) is 4.55. The molecule has 2 aromatic rings. The SMILES string of the molecule is Cc1nn(Cc2cccs2)cc1CNC(C)C. The Bertz CT molecular complexity index is 457. The fourth-order valence-corrected chi connectivity index (χ4v) is 2.39. The maximum atomic E-state index is 4.55. The number of hydrogen-bond acceptors (Lipinski definition) is 3. The first-order valence-corrected chi connectivity index (χ1v) is 6.82. The first-order valence-electron chi connectivity index (χ1n) is 5.94. The third kappa shape index (κ3) is 3.41. The molecule has 0 aliphatic heterocycles. The molecule has 17 heavy (non-hydrogen) atoms. The molecule has 0 spiro atoms. The molecule has 0 aliphatic carbocycles. The first-order chi connectivity index (χ1) is 8.15. The van der Waals surface area contributed by atoms with Gasteiger partial charge in [0, 0.05) is 29.2 Å². The van der Waals surface area contributed by atoms with Crippen molar-refractivity contribution < 1.29 is 0 Å². The molecule has 0 saturated heterocycles. The van der Waals surface area contributed by atoms with Crippen LogP contribution in [0.3, 0.4) is 0 Å². The molecule has 2 rings (SSSR count). The van der Waals surface area contributed by atoms with E-state index in [1.807, 2.05) is 4.68 Å². The highest BCUT2D eigenvalue weighted by Crippen LogP contribution is 2.12. The summed E-state index contributed by atoms with van der Waals surface area (Å²) in [4.78, 5) is 1.34. The quantitative estimate of drug-likeness (QED) is 0.883. The summed E-state index contributed by atoms with van der Waals surface area (Å²) < 4.78 is 2.03. The maximum Gasteiger partial charge on any atom is 0.0752 e. The summed E-state index contributed by atoms with van der Waals surface area (Å²) in [5.74, 6) is 0. The molecule has 0 aliphatic rings. The average Bonchev–Trinajstić information content (AvgIpc) is 2.86. The summed E-state index contributed by atoms with van der Waals surface area (Å²) in [6, 6.07) is 4.74. The van der Waals surface area contributed by atoms with E-state index >= 15 is 0 Å². The smallest absolute Gasteiger partial charge is 0.0752 e. The molecule has 92 valence electrons. The highest BCUT2D eigenvalue weighted by atomic mass is 32.1. The van der Waals surface area contributed by atoms with Gasteiger partial charge in [-0.1, -0.05) is 19.9 Å². The summed E-state index contributed by atoms with van der Waals surface area (Å²) >= 11 is 1.77. The zero-order valence-electron chi connectivity index (χ0n) is 10.6. The summed E-state index contributed by atoms with van der Waals surface area (Å²) in [6.07, 6.45) is 2.14. The average molecular weight is 249 g/mol. The first kappa shape index (κ1) is 12.3. The van der Waals surface area contributed by atoms with Crippen molar-refractivity contribution in [3.63, 3.8) is 0 Å². The highest BCUT2D eigenvalue weighted by molar-refractivity contribution is 7.09. The Morgan fingerprint density at radius 3 is 2.94 bits per heavy atom. The maximum absolute atomic E-state index is 4.55. The van der Waals surface area contributed by atoms with Crippen molar-refractivity contribution in [3.8, 4) is 0 Å². The van der Waals surface area contributed by atoms with Crippen LogP contribution in [0.15, 0.2) is 23.7 Å². The van der Waals surface area contributed by atoms with E-state index in [1.54, 1.807) is 11.3 Å². The fraction of sp³-hybridized carbons (Fsp3) is 0.462. The lowest BCUT2D eigenvalue weighted by Crippen LogP contribution is -2.21. The van der Waals surface area contributed by atoms with Gasteiger partial charge in [-0.3, -0.25) is 4.68 Å². The Kier molecular flexibility index (Phi) is 3.97. The van der Waals surface area contributed by atoms with Crippen LogP contribution in [0.2, 0.25) is 0 Å². The number of rotatable bonds is 5. The lowest BCUT2D eigenvalue weighted by molar-refractivity contribution is 0.587. The summed E-state index contributed by atoms with van der Waals surface area (Å²) in [5.41, 5.74) is 2.41. The molecule has 3 nitrogen and oxygen atoms in total. The Labute approximate surface area is 106 Å². The minimum Gasteiger partial charge on any atom is -0.310 e. The van der Waals surface area contributed by atoms with Crippen molar-refractivity contribution in [2.45, 2.75) is 39.9 Å². The van der Waals surface area contributed by atoms with Crippen LogP contribution in [0.5, 0.6) is 0 Å². The third-order valence-corrected chi connectivity index (χ3v) is 3.51. The van der Waals surface area contributed by atoms with Crippen LogP contribution in [0.25, 0.3) is 0 Å². The van der Waals surface area contributed by atoms with Gasteiger partial charge < -0.3 is 5.32 Å². The van der Waals surface area contributed by atoms with Gasteiger partial charge in [0.25, 0.3) is 0 Å². The molecule has 0 fully saturated rings. The minimum atomic E-state index is 0.509. The molecule has 0 radical (unpaired) electrons. The topological polar surface area (TPSA) is 29.9 Å².